The van der Waals surface area contributed by atoms with Crippen LogP contribution in [0.4, 0.5) is 17.6 Å². The molecule has 222 valence electrons. The smallest absolute Gasteiger partial charge is 0.422 e. The Bertz CT molecular complexity index is 1560. The summed E-state index contributed by atoms with van der Waals surface area (Å²) in [7, 11) is 0. The zero-order valence-corrected chi connectivity index (χ0v) is 24.1. The lowest BCUT2D eigenvalue weighted by atomic mass is 10.1. The zero-order valence-electron chi connectivity index (χ0n) is 22.0. The maximum Gasteiger partial charge on any atom is 0.422 e. The van der Waals surface area contributed by atoms with Crippen molar-refractivity contribution in [3.8, 4) is 5.75 Å². The Morgan fingerprint density at radius 3 is 2.59 bits per heavy atom. The SMILES string of the molecule is Cc1c(OCC(F)(F)F)ccnc1Cn1cc(Cn2c(=O)c(F)cn(C3OC(CI)C4OC(C)(C)OC43)c2=O)nn1. The van der Waals surface area contributed by atoms with E-state index in [0.29, 0.717) is 20.3 Å². The molecule has 41 heavy (non-hydrogen) atoms. The molecule has 0 aliphatic carbocycles. The van der Waals surface area contributed by atoms with E-state index in [1.54, 1.807) is 20.8 Å². The minimum atomic E-state index is -4.50. The van der Waals surface area contributed by atoms with E-state index in [4.69, 9.17) is 18.9 Å². The summed E-state index contributed by atoms with van der Waals surface area (Å²) in [6.07, 6.45) is -3.63. The molecular formula is C24H25F4IN6O6. The number of aromatic nitrogens is 6. The second kappa shape index (κ2) is 11.1. The van der Waals surface area contributed by atoms with Crippen molar-refractivity contribution in [1.29, 1.82) is 0 Å². The molecule has 2 fully saturated rings. The highest BCUT2D eigenvalue weighted by Gasteiger charge is 2.55. The number of fused-ring (bicyclic) bond motifs is 1. The van der Waals surface area contributed by atoms with E-state index in [2.05, 4.69) is 37.9 Å². The third-order valence-corrected chi connectivity index (χ3v) is 7.44. The summed E-state index contributed by atoms with van der Waals surface area (Å²) in [5.41, 5.74) is -1.11. The number of halogens is 5. The third kappa shape index (κ3) is 6.17. The van der Waals surface area contributed by atoms with Crippen LogP contribution in [-0.4, -0.2) is 70.4 Å². The Kier molecular flexibility index (Phi) is 7.99. The summed E-state index contributed by atoms with van der Waals surface area (Å²) >= 11 is 2.12. The molecule has 0 saturated carbocycles. The first kappa shape index (κ1) is 29.6. The first-order chi connectivity index (χ1) is 19.3. The van der Waals surface area contributed by atoms with Crippen molar-refractivity contribution in [1.82, 2.24) is 29.1 Å². The van der Waals surface area contributed by atoms with E-state index in [1.807, 2.05) is 0 Å². The van der Waals surface area contributed by atoms with Gasteiger partial charge in [-0.2, -0.15) is 17.6 Å². The third-order valence-electron chi connectivity index (χ3n) is 6.57. The maximum absolute atomic E-state index is 14.8. The second-order valence-electron chi connectivity index (χ2n) is 10.0. The lowest BCUT2D eigenvalue weighted by Gasteiger charge is -2.24. The van der Waals surface area contributed by atoms with Crippen molar-refractivity contribution >= 4 is 22.6 Å². The van der Waals surface area contributed by atoms with Gasteiger partial charge in [0.25, 0.3) is 5.56 Å². The highest BCUT2D eigenvalue weighted by molar-refractivity contribution is 14.1. The Morgan fingerprint density at radius 2 is 1.88 bits per heavy atom. The fourth-order valence-electron chi connectivity index (χ4n) is 4.75. The lowest BCUT2D eigenvalue weighted by molar-refractivity contribution is -0.194. The zero-order chi connectivity index (χ0) is 29.7. The van der Waals surface area contributed by atoms with Crippen LogP contribution >= 0.6 is 22.6 Å². The molecule has 0 aromatic carbocycles. The number of ether oxygens (including phenoxy) is 4. The Labute approximate surface area is 243 Å². The van der Waals surface area contributed by atoms with Crippen LogP contribution in [0.5, 0.6) is 5.75 Å². The average Bonchev–Trinajstić information content (AvgIpc) is 3.56. The minimum absolute atomic E-state index is 0.00807. The summed E-state index contributed by atoms with van der Waals surface area (Å²) in [5.74, 6) is -2.10. The van der Waals surface area contributed by atoms with Gasteiger partial charge in [0, 0.05) is 16.2 Å². The molecule has 2 aliphatic rings. The maximum atomic E-state index is 14.8. The molecule has 0 radical (unpaired) electrons. The van der Waals surface area contributed by atoms with E-state index >= 15 is 0 Å². The fourth-order valence-corrected chi connectivity index (χ4v) is 5.46. The van der Waals surface area contributed by atoms with Gasteiger partial charge in [0.05, 0.1) is 37.3 Å². The fraction of sp³-hybridized carbons (Fsp3) is 0.542. The predicted molar refractivity (Wildman–Crippen MR) is 140 cm³/mol. The van der Waals surface area contributed by atoms with Crippen LogP contribution < -0.4 is 16.0 Å². The molecule has 2 saturated heterocycles. The lowest BCUT2D eigenvalue weighted by Crippen LogP contribution is -2.45. The number of nitrogens with zero attached hydrogens (tertiary/aromatic N) is 6. The van der Waals surface area contributed by atoms with Gasteiger partial charge in [0.2, 0.25) is 5.82 Å². The van der Waals surface area contributed by atoms with Gasteiger partial charge < -0.3 is 18.9 Å². The molecular weight excluding hydrogens is 671 g/mol. The molecule has 4 atom stereocenters. The van der Waals surface area contributed by atoms with Gasteiger partial charge in [-0.05, 0) is 26.8 Å². The van der Waals surface area contributed by atoms with Crippen LogP contribution in [0.25, 0.3) is 0 Å². The van der Waals surface area contributed by atoms with E-state index in [-0.39, 0.29) is 18.0 Å². The molecule has 5 rings (SSSR count). The Morgan fingerprint density at radius 1 is 1.15 bits per heavy atom. The van der Waals surface area contributed by atoms with Crippen molar-refractivity contribution in [2.75, 3.05) is 11.0 Å². The topological polar surface area (TPSA) is 125 Å². The van der Waals surface area contributed by atoms with Crippen molar-refractivity contribution in [3.05, 3.63) is 68.3 Å². The molecule has 4 unspecified atom stereocenters. The van der Waals surface area contributed by atoms with Crippen molar-refractivity contribution < 1.29 is 36.5 Å². The number of hydrogen-bond acceptors (Lipinski definition) is 9. The molecule has 3 aromatic rings. The monoisotopic (exact) mass is 696 g/mol. The predicted octanol–water partition coefficient (Wildman–Crippen LogP) is 2.33. The van der Waals surface area contributed by atoms with Gasteiger partial charge in [-0.1, -0.05) is 27.8 Å². The van der Waals surface area contributed by atoms with Crippen LogP contribution in [0.3, 0.4) is 0 Å². The van der Waals surface area contributed by atoms with E-state index in [9.17, 15) is 27.2 Å². The van der Waals surface area contributed by atoms with Gasteiger partial charge in [0.15, 0.2) is 18.6 Å². The van der Waals surface area contributed by atoms with Gasteiger partial charge in [0.1, 0.15) is 23.7 Å². The van der Waals surface area contributed by atoms with E-state index in [0.717, 1.165) is 10.8 Å². The summed E-state index contributed by atoms with van der Waals surface area (Å²) in [6, 6.07) is 1.32. The first-order valence-corrected chi connectivity index (χ1v) is 13.9. The highest BCUT2D eigenvalue weighted by Crippen LogP contribution is 2.43. The molecule has 0 amide bonds. The van der Waals surface area contributed by atoms with Gasteiger partial charge >= 0.3 is 11.9 Å². The van der Waals surface area contributed by atoms with Crippen LogP contribution in [0.1, 0.15) is 37.0 Å². The van der Waals surface area contributed by atoms with Crippen molar-refractivity contribution in [2.45, 2.75) is 70.4 Å². The molecule has 0 spiro atoms. The standard InChI is InChI=1S/C24H25F4IN6O6/c1-12-15(30-5-4-16(12)38-11-24(26,27)28)10-33-7-13(31-32-33)8-34-20(36)14(25)9-35(22(34)37)21-19-18(17(6-29)39-21)40-23(2,3)41-19/h4-5,7,9,17-19,21H,6,8,10-11H2,1-3H3. The quantitative estimate of drug-likeness (QED) is 0.198. The second-order valence-corrected chi connectivity index (χ2v) is 10.9. The average molecular weight is 696 g/mol. The number of hydrogen-bond donors (Lipinski definition) is 0. The van der Waals surface area contributed by atoms with Gasteiger partial charge in [-0.15, -0.1) is 5.10 Å². The summed E-state index contributed by atoms with van der Waals surface area (Å²) in [5, 5.41) is 7.91. The molecule has 2 aliphatic heterocycles. The van der Waals surface area contributed by atoms with Crippen LogP contribution in [0.2, 0.25) is 0 Å². The summed E-state index contributed by atoms with van der Waals surface area (Å²) < 4.78 is 78.7. The normalized spacial score (nSPS) is 23.6. The van der Waals surface area contributed by atoms with Crippen molar-refractivity contribution in [2.24, 2.45) is 0 Å². The highest BCUT2D eigenvalue weighted by atomic mass is 127. The van der Waals surface area contributed by atoms with Gasteiger partial charge in [-0.3, -0.25) is 18.9 Å². The summed E-state index contributed by atoms with van der Waals surface area (Å²) in [6.45, 7) is 3.16. The van der Waals surface area contributed by atoms with Gasteiger partial charge in [-0.25, -0.2) is 9.48 Å². The van der Waals surface area contributed by atoms with Crippen LogP contribution in [-0.2, 0) is 27.3 Å². The summed E-state index contributed by atoms with van der Waals surface area (Å²) in [4.78, 5) is 30.2. The molecule has 17 heteroatoms. The first-order valence-electron chi connectivity index (χ1n) is 12.4. The van der Waals surface area contributed by atoms with Crippen LogP contribution in [0, 0.1) is 12.7 Å². The Balaban J connectivity index is 1.38. The minimum Gasteiger partial charge on any atom is -0.484 e. The number of alkyl halides is 4. The van der Waals surface area contributed by atoms with Crippen LogP contribution in [0.15, 0.2) is 34.2 Å². The van der Waals surface area contributed by atoms with E-state index in [1.165, 1.54) is 23.1 Å². The molecule has 5 heterocycles. The Hall–Kier alpha value is -2.90. The number of pyridine rings is 1. The van der Waals surface area contributed by atoms with Crippen molar-refractivity contribution in [3.63, 3.8) is 0 Å². The number of rotatable bonds is 8. The molecule has 3 aromatic heterocycles. The molecule has 0 bridgehead atoms. The largest absolute Gasteiger partial charge is 0.484 e. The molecule has 12 nitrogen and oxygen atoms in total. The van der Waals surface area contributed by atoms with E-state index < -0.39 is 66.7 Å². The molecule has 0 N–H and O–H groups in total.